The van der Waals surface area contributed by atoms with Crippen LogP contribution < -0.4 is 5.32 Å². The third-order valence-corrected chi connectivity index (χ3v) is 2.66. The van der Waals surface area contributed by atoms with Gasteiger partial charge in [-0.2, -0.15) is 0 Å². The van der Waals surface area contributed by atoms with Gasteiger partial charge in [-0.25, -0.2) is 9.78 Å². The van der Waals surface area contributed by atoms with Crippen LogP contribution in [0.4, 0.5) is 0 Å². The molecule has 0 amide bonds. The minimum absolute atomic E-state index is 0.292. The highest BCUT2D eigenvalue weighted by Gasteiger charge is 2.20. The van der Waals surface area contributed by atoms with E-state index in [0.717, 1.165) is 16.7 Å². The molecule has 2 aromatic rings. The maximum Gasteiger partial charge on any atom is 0.327 e. The largest absolute Gasteiger partial charge is 0.465 e. The van der Waals surface area contributed by atoms with E-state index in [2.05, 4.69) is 10.3 Å². The Morgan fingerprint density at radius 2 is 2.33 bits per heavy atom. The highest BCUT2D eigenvalue weighted by molar-refractivity contribution is 5.81. The van der Waals surface area contributed by atoms with E-state index in [1.54, 1.807) is 20.9 Å². The van der Waals surface area contributed by atoms with Crippen LogP contribution in [0.5, 0.6) is 0 Å². The number of hydrogen-bond donors (Lipinski definition) is 1. The second kappa shape index (κ2) is 5.18. The van der Waals surface area contributed by atoms with E-state index in [1.165, 1.54) is 0 Å². The molecule has 2 rings (SSSR count). The van der Waals surface area contributed by atoms with E-state index >= 15 is 0 Å². The maximum atomic E-state index is 11.8. The van der Waals surface area contributed by atoms with Crippen molar-refractivity contribution in [1.29, 1.82) is 0 Å². The fourth-order valence-corrected chi connectivity index (χ4v) is 1.89. The summed E-state index contributed by atoms with van der Waals surface area (Å²) in [5, 5.41) is 2.94. The fraction of sp³-hybridized carbons (Fsp3) is 0.385. The molecule has 1 N–H and O–H groups in total. The van der Waals surface area contributed by atoms with E-state index < -0.39 is 6.04 Å². The number of esters is 1. The molecule has 0 aliphatic rings. The summed E-state index contributed by atoms with van der Waals surface area (Å²) in [5.74, 6) is 0.318. The molecule has 1 atom stereocenters. The van der Waals surface area contributed by atoms with Crippen LogP contribution in [0.15, 0.2) is 22.6 Å². The lowest BCUT2D eigenvalue weighted by atomic mass is 10.1. The fourth-order valence-electron chi connectivity index (χ4n) is 1.89. The standard InChI is InChI=1S/C13H16N2O3/c1-4-17-13(16)12(14-3)9-5-6-11-10(7-9)15-8(2)18-11/h5-7,12,14H,4H2,1-3H3. The topological polar surface area (TPSA) is 64.4 Å². The molecule has 0 radical (unpaired) electrons. The summed E-state index contributed by atoms with van der Waals surface area (Å²) in [6.07, 6.45) is 0. The molecule has 0 aliphatic carbocycles. The minimum Gasteiger partial charge on any atom is -0.465 e. The van der Waals surface area contributed by atoms with Gasteiger partial charge in [0.2, 0.25) is 0 Å². The Morgan fingerprint density at radius 1 is 1.56 bits per heavy atom. The molecule has 0 saturated carbocycles. The Bertz CT molecular complexity index is 562. The summed E-state index contributed by atoms with van der Waals surface area (Å²) >= 11 is 0. The molecule has 1 unspecified atom stereocenters. The van der Waals surface area contributed by atoms with Gasteiger partial charge in [-0.3, -0.25) is 0 Å². The van der Waals surface area contributed by atoms with Crippen LogP contribution in [-0.2, 0) is 9.53 Å². The van der Waals surface area contributed by atoms with E-state index in [9.17, 15) is 4.79 Å². The van der Waals surface area contributed by atoms with Crippen LogP contribution in [-0.4, -0.2) is 24.6 Å². The van der Waals surface area contributed by atoms with Crippen molar-refractivity contribution in [3.63, 3.8) is 0 Å². The van der Waals surface area contributed by atoms with Crippen LogP contribution in [0.2, 0.25) is 0 Å². The molecular formula is C13H16N2O3. The number of benzene rings is 1. The summed E-state index contributed by atoms with van der Waals surface area (Å²) in [4.78, 5) is 16.0. The summed E-state index contributed by atoms with van der Waals surface area (Å²) in [6.45, 7) is 3.94. The monoisotopic (exact) mass is 248 g/mol. The van der Waals surface area contributed by atoms with Gasteiger partial charge in [0.25, 0.3) is 0 Å². The molecule has 1 aromatic heterocycles. The molecule has 0 aliphatic heterocycles. The molecule has 0 bridgehead atoms. The van der Waals surface area contributed by atoms with Crippen molar-refractivity contribution in [3.05, 3.63) is 29.7 Å². The van der Waals surface area contributed by atoms with Gasteiger partial charge in [-0.05, 0) is 31.7 Å². The Balaban J connectivity index is 2.35. The van der Waals surface area contributed by atoms with Crippen LogP contribution >= 0.6 is 0 Å². The van der Waals surface area contributed by atoms with Gasteiger partial charge in [0.05, 0.1) is 6.61 Å². The predicted octanol–water partition coefficient (Wildman–Crippen LogP) is 1.96. The first kappa shape index (κ1) is 12.6. The van der Waals surface area contributed by atoms with Crippen molar-refractivity contribution >= 4 is 17.1 Å². The van der Waals surface area contributed by atoms with Gasteiger partial charge in [0.15, 0.2) is 11.5 Å². The van der Waals surface area contributed by atoms with Crippen molar-refractivity contribution < 1.29 is 13.9 Å². The highest BCUT2D eigenvalue weighted by Crippen LogP contribution is 2.21. The Labute approximate surface area is 105 Å². The number of carbonyl (C=O) groups excluding carboxylic acids is 1. The van der Waals surface area contributed by atoms with Crippen molar-refractivity contribution in [3.8, 4) is 0 Å². The molecule has 5 heteroatoms. The number of aryl methyl sites for hydroxylation is 1. The first-order valence-electron chi connectivity index (χ1n) is 5.86. The van der Waals surface area contributed by atoms with Crippen LogP contribution in [0, 0.1) is 6.92 Å². The Kier molecular flexibility index (Phi) is 3.62. The first-order valence-corrected chi connectivity index (χ1v) is 5.86. The number of nitrogens with one attached hydrogen (secondary N) is 1. The third-order valence-electron chi connectivity index (χ3n) is 2.66. The first-order chi connectivity index (χ1) is 8.65. The van der Waals surface area contributed by atoms with Gasteiger partial charge in [0, 0.05) is 6.92 Å². The van der Waals surface area contributed by atoms with E-state index in [0.29, 0.717) is 12.5 Å². The lowest BCUT2D eigenvalue weighted by molar-refractivity contribution is -0.145. The number of rotatable bonds is 4. The number of aromatic nitrogens is 1. The highest BCUT2D eigenvalue weighted by atomic mass is 16.5. The van der Waals surface area contributed by atoms with Crippen LogP contribution in [0.1, 0.15) is 24.4 Å². The minimum atomic E-state index is -0.480. The number of likely N-dealkylation sites (N-methyl/N-ethyl adjacent to an activating group) is 1. The van der Waals surface area contributed by atoms with E-state index in [-0.39, 0.29) is 5.97 Å². The van der Waals surface area contributed by atoms with Crippen molar-refractivity contribution in [2.24, 2.45) is 0 Å². The lowest BCUT2D eigenvalue weighted by Gasteiger charge is -2.14. The maximum absolute atomic E-state index is 11.8. The SMILES string of the molecule is CCOC(=O)C(NC)c1ccc2oc(C)nc2c1. The van der Waals surface area contributed by atoms with Crippen LogP contribution in [0.25, 0.3) is 11.1 Å². The Morgan fingerprint density at radius 3 is 3.00 bits per heavy atom. The van der Waals surface area contributed by atoms with Crippen LogP contribution in [0.3, 0.4) is 0 Å². The molecule has 5 nitrogen and oxygen atoms in total. The zero-order valence-electron chi connectivity index (χ0n) is 10.7. The van der Waals surface area contributed by atoms with Crippen molar-refractivity contribution in [2.45, 2.75) is 19.9 Å². The third kappa shape index (κ3) is 2.36. The lowest BCUT2D eigenvalue weighted by Crippen LogP contribution is -2.27. The molecule has 0 fully saturated rings. The smallest absolute Gasteiger partial charge is 0.327 e. The average Bonchev–Trinajstić information content (AvgIpc) is 2.69. The zero-order valence-corrected chi connectivity index (χ0v) is 10.7. The normalized spacial score (nSPS) is 12.6. The van der Waals surface area contributed by atoms with Gasteiger partial charge >= 0.3 is 5.97 Å². The van der Waals surface area contributed by atoms with E-state index in [1.807, 2.05) is 18.2 Å². The zero-order chi connectivity index (χ0) is 13.1. The molecule has 1 heterocycles. The number of nitrogens with zero attached hydrogens (tertiary/aromatic N) is 1. The second-order valence-corrected chi connectivity index (χ2v) is 3.93. The number of fused-ring (bicyclic) bond motifs is 1. The number of hydrogen-bond acceptors (Lipinski definition) is 5. The van der Waals surface area contributed by atoms with E-state index in [4.69, 9.17) is 9.15 Å². The quantitative estimate of drug-likeness (QED) is 0.838. The Hall–Kier alpha value is -1.88. The van der Waals surface area contributed by atoms with Gasteiger partial charge in [-0.1, -0.05) is 6.07 Å². The van der Waals surface area contributed by atoms with Gasteiger partial charge in [0.1, 0.15) is 11.6 Å². The molecule has 1 aromatic carbocycles. The summed E-state index contributed by atoms with van der Waals surface area (Å²) in [6, 6.07) is 5.01. The van der Waals surface area contributed by atoms with Crippen molar-refractivity contribution in [1.82, 2.24) is 10.3 Å². The van der Waals surface area contributed by atoms with Crippen molar-refractivity contribution in [2.75, 3.05) is 13.7 Å². The summed E-state index contributed by atoms with van der Waals surface area (Å²) < 4.78 is 10.4. The average molecular weight is 248 g/mol. The molecule has 0 saturated heterocycles. The molecule has 0 spiro atoms. The van der Waals surface area contributed by atoms with Gasteiger partial charge < -0.3 is 14.5 Å². The number of carbonyl (C=O) groups is 1. The summed E-state index contributed by atoms with van der Waals surface area (Å²) in [5.41, 5.74) is 2.28. The molecule has 96 valence electrons. The number of ether oxygens (including phenoxy) is 1. The second-order valence-electron chi connectivity index (χ2n) is 3.93. The molecule has 18 heavy (non-hydrogen) atoms. The number of oxazole rings is 1. The van der Waals surface area contributed by atoms with Gasteiger partial charge in [-0.15, -0.1) is 0 Å². The summed E-state index contributed by atoms with van der Waals surface area (Å²) in [7, 11) is 1.72. The molecular weight excluding hydrogens is 232 g/mol. The predicted molar refractivity (Wildman–Crippen MR) is 67.2 cm³/mol.